The average Bonchev–Trinajstić information content (AvgIpc) is 2.28. The third kappa shape index (κ3) is 3.94. The number of amides is 1. The molecular weight excluding hydrogens is 312 g/mol. The number of benzene rings is 1. The summed E-state index contributed by atoms with van der Waals surface area (Å²) in [6, 6.07) is 3.88. The highest BCUT2D eigenvalue weighted by Crippen LogP contribution is 2.18. The van der Waals surface area contributed by atoms with Crippen LogP contribution >= 0.6 is 27.5 Å². The first-order valence-electron chi connectivity index (χ1n) is 4.90. The van der Waals surface area contributed by atoms with E-state index in [-0.39, 0.29) is 16.6 Å². The second kappa shape index (κ2) is 6.93. The van der Waals surface area contributed by atoms with E-state index >= 15 is 0 Å². The molecule has 1 unspecified atom stereocenters. The number of hydrogen-bond acceptors (Lipinski definition) is 2. The van der Waals surface area contributed by atoms with E-state index in [4.69, 9.17) is 16.3 Å². The minimum absolute atomic E-state index is 0.0910. The smallest absolute Gasteiger partial charge is 0.256 e. The van der Waals surface area contributed by atoms with Crippen LogP contribution in [0, 0.1) is 5.82 Å². The Morgan fingerprint density at radius 2 is 2.35 bits per heavy atom. The molecule has 0 radical (unpaired) electrons. The van der Waals surface area contributed by atoms with Crippen LogP contribution in [0.25, 0.3) is 0 Å². The van der Waals surface area contributed by atoms with E-state index in [9.17, 15) is 9.18 Å². The van der Waals surface area contributed by atoms with Crippen molar-refractivity contribution >= 4 is 33.4 Å². The maximum absolute atomic E-state index is 13.5. The molecule has 0 fully saturated rings. The zero-order valence-electron chi connectivity index (χ0n) is 9.17. The Labute approximate surface area is 112 Å². The summed E-state index contributed by atoms with van der Waals surface area (Å²) < 4.78 is 18.4. The van der Waals surface area contributed by atoms with Crippen molar-refractivity contribution in [1.82, 2.24) is 5.32 Å². The van der Waals surface area contributed by atoms with Gasteiger partial charge in [0.1, 0.15) is 5.82 Å². The highest BCUT2D eigenvalue weighted by molar-refractivity contribution is 9.09. The highest BCUT2D eigenvalue weighted by atomic mass is 79.9. The summed E-state index contributed by atoms with van der Waals surface area (Å²) in [5.41, 5.74) is -0.142. The number of carbonyl (C=O) groups is 1. The summed E-state index contributed by atoms with van der Waals surface area (Å²) in [7, 11) is 1.53. The van der Waals surface area contributed by atoms with Crippen LogP contribution in [0.2, 0.25) is 5.02 Å². The number of halogens is 3. The fourth-order valence-corrected chi connectivity index (χ4v) is 1.90. The predicted molar refractivity (Wildman–Crippen MR) is 68.3 cm³/mol. The minimum Gasteiger partial charge on any atom is -0.383 e. The van der Waals surface area contributed by atoms with E-state index in [1.807, 2.05) is 0 Å². The molecule has 94 valence electrons. The number of hydrogen-bond donors (Lipinski definition) is 1. The third-order valence-electron chi connectivity index (χ3n) is 2.08. The van der Waals surface area contributed by atoms with Crippen LogP contribution in [0.1, 0.15) is 10.4 Å². The van der Waals surface area contributed by atoms with Crippen LogP contribution in [0.3, 0.4) is 0 Å². The average molecular weight is 325 g/mol. The summed E-state index contributed by atoms with van der Waals surface area (Å²) in [6.45, 7) is 0.336. The van der Waals surface area contributed by atoms with Gasteiger partial charge in [-0.15, -0.1) is 0 Å². The number of methoxy groups -OCH3 is 1. The van der Waals surface area contributed by atoms with Gasteiger partial charge < -0.3 is 10.1 Å². The molecule has 0 saturated heterocycles. The van der Waals surface area contributed by atoms with Gasteiger partial charge in [-0.2, -0.15) is 0 Å². The minimum atomic E-state index is -0.638. The highest BCUT2D eigenvalue weighted by Gasteiger charge is 2.18. The van der Waals surface area contributed by atoms with E-state index in [2.05, 4.69) is 21.2 Å². The molecule has 3 nitrogen and oxygen atoms in total. The van der Waals surface area contributed by atoms with Gasteiger partial charge in [-0.25, -0.2) is 4.39 Å². The lowest BCUT2D eigenvalue weighted by Gasteiger charge is -2.15. The zero-order valence-corrected chi connectivity index (χ0v) is 11.5. The van der Waals surface area contributed by atoms with Crippen molar-refractivity contribution in [2.75, 3.05) is 19.0 Å². The molecule has 0 heterocycles. The molecule has 17 heavy (non-hydrogen) atoms. The number of carbonyl (C=O) groups excluding carboxylic acids is 1. The van der Waals surface area contributed by atoms with Crippen molar-refractivity contribution in [2.45, 2.75) is 6.04 Å². The number of rotatable bonds is 5. The van der Waals surface area contributed by atoms with Crippen LogP contribution in [-0.2, 0) is 4.74 Å². The fourth-order valence-electron chi connectivity index (χ4n) is 1.30. The molecule has 0 aliphatic rings. The molecule has 0 aliphatic heterocycles. The molecule has 1 amide bonds. The van der Waals surface area contributed by atoms with E-state index in [1.165, 1.54) is 25.3 Å². The molecule has 1 aromatic rings. The van der Waals surface area contributed by atoms with E-state index in [1.54, 1.807) is 0 Å². The maximum atomic E-state index is 13.5. The van der Waals surface area contributed by atoms with Crippen molar-refractivity contribution in [3.8, 4) is 0 Å². The standard InChI is InChI=1S/C11H12BrClFNO2/c1-17-6-7(5-12)15-11(16)10-8(13)3-2-4-9(10)14/h2-4,7H,5-6H2,1H3,(H,15,16). The molecular formula is C11H12BrClFNO2. The third-order valence-corrected chi connectivity index (χ3v) is 3.18. The Hall–Kier alpha value is -0.650. The summed E-state index contributed by atoms with van der Waals surface area (Å²) in [6.07, 6.45) is 0. The van der Waals surface area contributed by atoms with Gasteiger partial charge in [-0.3, -0.25) is 4.79 Å². The molecule has 1 rings (SSSR count). The number of nitrogens with one attached hydrogen (secondary N) is 1. The largest absolute Gasteiger partial charge is 0.383 e. The van der Waals surface area contributed by atoms with E-state index in [0.29, 0.717) is 11.9 Å². The number of ether oxygens (including phenoxy) is 1. The van der Waals surface area contributed by atoms with Gasteiger partial charge in [0, 0.05) is 12.4 Å². The molecule has 1 atom stereocenters. The van der Waals surface area contributed by atoms with Crippen molar-refractivity contribution in [2.24, 2.45) is 0 Å². The van der Waals surface area contributed by atoms with Gasteiger partial charge in [0.15, 0.2) is 0 Å². The van der Waals surface area contributed by atoms with Crippen LogP contribution in [0.4, 0.5) is 4.39 Å². The van der Waals surface area contributed by atoms with Crippen molar-refractivity contribution in [1.29, 1.82) is 0 Å². The van der Waals surface area contributed by atoms with Crippen LogP contribution in [0.5, 0.6) is 0 Å². The molecule has 0 saturated carbocycles. The maximum Gasteiger partial charge on any atom is 0.256 e. The molecule has 1 aromatic carbocycles. The predicted octanol–water partition coefficient (Wildman–Crippen LogP) is 2.62. The summed E-state index contributed by atoms with van der Waals surface area (Å²) in [5, 5.41) is 3.23. The van der Waals surface area contributed by atoms with E-state index in [0.717, 1.165) is 0 Å². The van der Waals surface area contributed by atoms with Gasteiger partial charge in [-0.1, -0.05) is 33.6 Å². The second-order valence-corrected chi connectivity index (χ2v) is 4.43. The van der Waals surface area contributed by atoms with E-state index < -0.39 is 11.7 Å². The van der Waals surface area contributed by atoms with Gasteiger partial charge in [0.05, 0.1) is 23.2 Å². The van der Waals surface area contributed by atoms with Crippen LogP contribution in [0.15, 0.2) is 18.2 Å². The quantitative estimate of drug-likeness (QED) is 0.846. The Morgan fingerprint density at radius 3 is 2.88 bits per heavy atom. The topological polar surface area (TPSA) is 38.3 Å². The molecule has 0 spiro atoms. The summed E-state index contributed by atoms with van der Waals surface area (Å²) in [5.74, 6) is -1.18. The lowest BCUT2D eigenvalue weighted by molar-refractivity contribution is 0.0904. The van der Waals surface area contributed by atoms with Crippen LogP contribution in [-0.4, -0.2) is 31.0 Å². The Kier molecular flexibility index (Phi) is 5.88. The van der Waals surface area contributed by atoms with Gasteiger partial charge in [0.2, 0.25) is 0 Å². The Bertz CT molecular complexity index is 383. The molecule has 6 heteroatoms. The SMILES string of the molecule is COCC(CBr)NC(=O)c1c(F)cccc1Cl. The molecule has 0 aromatic heterocycles. The summed E-state index contributed by atoms with van der Waals surface area (Å²) in [4.78, 5) is 11.8. The monoisotopic (exact) mass is 323 g/mol. The fraction of sp³-hybridized carbons (Fsp3) is 0.364. The van der Waals surface area contributed by atoms with Crippen molar-refractivity contribution < 1.29 is 13.9 Å². The van der Waals surface area contributed by atoms with Gasteiger partial charge in [0.25, 0.3) is 5.91 Å². The lowest BCUT2D eigenvalue weighted by atomic mass is 10.2. The second-order valence-electron chi connectivity index (χ2n) is 3.38. The Balaban J connectivity index is 2.82. The first kappa shape index (κ1) is 14.4. The van der Waals surface area contributed by atoms with Gasteiger partial charge >= 0.3 is 0 Å². The number of alkyl halides is 1. The zero-order chi connectivity index (χ0) is 12.8. The van der Waals surface area contributed by atoms with Crippen molar-refractivity contribution in [3.05, 3.63) is 34.6 Å². The molecule has 0 bridgehead atoms. The first-order chi connectivity index (χ1) is 8.10. The lowest BCUT2D eigenvalue weighted by Crippen LogP contribution is -2.39. The summed E-state index contributed by atoms with van der Waals surface area (Å²) >= 11 is 9.02. The first-order valence-corrected chi connectivity index (χ1v) is 6.39. The normalized spacial score (nSPS) is 12.2. The molecule has 0 aliphatic carbocycles. The van der Waals surface area contributed by atoms with Crippen molar-refractivity contribution in [3.63, 3.8) is 0 Å². The van der Waals surface area contributed by atoms with Gasteiger partial charge in [-0.05, 0) is 12.1 Å². The van der Waals surface area contributed by atoms with Crippen LogP contribution < -0.4 is 5.32 Å². The molecule has 1 N–H and O–H groups in total. The Morgan fingerprint density at radius 1 is 1.65 bits per heavy atom.